The number of hydrogen-bond acceptors (Lipinski definition) is 1. The fourth-order valence-corrected chi connectivity index (χ4v) is 4.01. The summed E-state index contributed by atoms with van der Waals surface area (Å²) in [5, 5.41) is 3.68. The van der Waals surface area contributed by atoms with E-state index in [0.717, 1.165) is 12.5 Å². The van der Waals surface area contributed by atoms with E-state index in [9.17, 15) is 0 Å². The number of hydrogen-bond donors (Lipinski definition) is 1. The molecule has 1 saturated carbocycles. The van der Waals surface area contributed by atoms with Crippen LogP contribution in [0.4, 0.5) is 0 Å². The summed E-state index contributed by atoms with van der Waals surface area (Å²) >= 11 is 3.74. The SMILES string of the molecule is CCNC(CC1CCCCC1)c1ccc(C)cc1Br. The molecule has 0 heterocycles. The van der Waals surface area contributed by atoms with Gasteiger partial charge in [0.25, 0.3) is 0 Å². The summed E-state index contributed by atoms with van der Waals surface area (Å²) in [6.45, 7) is 5.39. The van der Waals surface area contributed by atoms with Crippen molar-refractivity contribution in [2.24, 2.45) is 5.92 Å². The number of nitrogens with one attached hydrogen (secondary N) is 1. The van der Waals surface area contributed by atoms with Crippen molar-refractivity contribution in [3.05, 3.63) is 33.8 Å². The van der Waals surface area contributed by atoms with Crippen LogP contribution in [0.1, 0.15) is 62.6 Å². The van der Waals surface area contributed by atoms with Crippen LogP contribution in [0.3, 0.4) is 0 Å². The van der Waals surface area contributed by atoms with Crippen molar-refractivity contribution in [3.8, 4) is 0 Å². The first-order valence-electron chi connectivity index (χ1n) is 7.70. The molecule has 1 nitrogen and oxygen atoms in total. The number of halogens is 1. The van der Waals surface area contributed by atoms with E-state index in [-0.39, 0.29) is 0 Å². The summed E-state index contributed by atoms with van der Waals surface area (Å²) in [5.74, 6) is 0.908. The molecule has 0 spiro atoms. The number of rotatable bonds is 5. The molecule has 106 valence electrons. The summed E-state index contributed by atoms with van der Waals surface area (Å²) in [4.78, 5) is 0. The van der Waals surface area contributed by atoms with Crippen molar-refractivity contribution in [2.45, 2.75) is 58.4 Å². The molecular formula is C17H26BrN. The molecule has 1 aromatic rings. The Morgan fingerprint density at radius 1 is 1.26 bits per heavy atom. The summed E-state index contributed by atoms with van der Waals surface area (Å²) in [6, 6.07) is 7.25. The minimum atomic E-state index is 0.503. The highest BCUT2D eigenvalue weighted by Gasteiger charge is 2.21. The van der Waals surface area contributed by atoms with Crippen LogP contribution < -0.4 is 5.32 Å². The van der Waals surface area contributed by atoms with Gasteiger partial charge in [0.2, 0.25) is 0 Å². The maximum atomic E-state index is 3.74. The van der Waals surface area contributed by atoms with E-state index in [2.05, 4.69) is 53.3 Å². The van der Waals surface area contributed by atoms with Crippen LogP contribution >= 0.6 is 15.9 Å². The zero-order valence-electron chi connectivity index (χ0n) is 12.2. The van der Waals surface area contributed by atoms with Crippen LogP contribution in [0.15, 0.2) is 22.7 Å². The molecule has 1 aliphatic rings. The molecule has 0 amide bonds. The number of benzene rings is 1. The van der Waals surface area contributed by atoms with E-state index < -0.39 is 0 Å². The second kappa shape index (κ2) is 7.44. The molecule has 0 aliphatic heterocycles. The topological polar surface area (TPSA) is 12.0 Å². The third-order valence-electron chi connectivity index (χ3n) is 4.28. The Morgan fingerprint density at radius 2 is 2.00 bits per heavy atom. The van der Waals surface area contributed by atoms with Crippen molar-refractivity contribution < 1.29 is 0 Å². The van der Waals surface area contributed by atoms with Crippen LogP contribution in [0.25, 0.3) is 0 Å². The fraction of sp³-hybridized carbons (Fsp3) is 0.647. The van der Waals surface area contributed by atoms with Gasteiger partial charge < -0.3 is 5.32 Å². The minimum Gasteiger partial charge on any atom is -0.310 e. The van der Waals surface area contributed by atoms with Crippen LogP contribution in [0.2, 0.25) is 0 Å². The van der Waals surface area contributed by atoms with Crippen molar-refractivity contribution in [3.63, 3.8) is 0 Å². The first-order chi connectivity index (χ1) is 9.20. The van der Waals surface area contributed by atoms with E-state index in [4.69, 9.17) is 0 Å². The van der Waals surface area contributed by atoms with Crippen LogP contribution in [-0.4, -0.2) is 6.54 Å². The van der Waals surface area contributed by atoms with Gasteiger partial charge in [-0.25, -0.2) is 0 Å². The zero-order valence-corrected chi connectivity index (χ0v) is 13.8. The average molecular weight is 324 g/mol. The highest BCUT2D eigenvalue weighted by Crippen LogP contribution is 2.34. The lowest BCUT2D eigenvalue weighted by Gasteiger charge is -2.28. The second-order valence-corrected chi connectivity index (χ2v) is 6.73. The Balaban J connectivity index is 2.09. The molecule has 1 N–H and O–H groups in total. The molecule has 19 heavy (non-hydrogen) atoms. The highest BCUT2D eigenvalue weighted by molar-refractivity contribution is 9.10. The maximum Gasteiger partial charge on any atom is 0.0333 e. The molecular weight excluding hydrogens is 298 g/mol. The number of aryl methyl sites for hydroxylation is 1. The molecule has 2 rings (SSSR count). The maximum absolute atomic E-state index is 3.74. The van der Waals surface area contributed by atoms with Gasteiger partial charge in [-0.15, -0.1) is 0 Å². The molecule has 1 aliphatic carbocycles. The molecule has 2 heteroatoms. The van der Waals surface area contributed by atoms with Crippen LogP contribution in [-0.2, 0) is 0 Å². The van der Waals surface area contributed by atoms with E-state index in [1.807, 2.05) is 0 Å². The van der Waals surface area contributed by atoms with E-state index >= 15 is 0 Å². The van der Waals surface area contributed by atoms with Crippen LogP contribution in [0, 0.1) is 12.8 Å². The van der Waals surface area contributed by atoms with Gasteiger partial charge in [-0.05, 0) is 43.0 Å². The van der Waals surface area contributed by atoms with Gasteiger partial charge in [-0.1, -0.05) is 67.1 Å². The van der Waals surface area contributed by atoms with E-state index in [1.54, 1.807) is 0 Å². The minimum absolute atomic E-state index is 0.503. The third kappa shape index (κ3) is 4.32. The van der Waals surface area contributed by atoms with Crippen LogP contribution in [0.5, 0.6) is 0 Å². The van der Waals surface area contributed by atoms with Gasteiger partial charge in [-0.2, -0.15) is 0 Å². The smallest absolute Gasteiger partial charge is 0.0333 e. The van der Waals surface area contributed by atoms with Gasteiger partial charge in [0.1, 0.15) is 0 Å². The van der Waals surface area contributed by atoms with Crippen molar-refractivity contribution in [1.82, 2.24) is 5.32 Å². The van der Waals surface area contributed by atoms with Gasteiger partial charge in [-0.3, -0.25) is 0 Å². The summed E-state index contributed by atoms with van der Waals surface area (Å²) in [6.07, 6.45) is 8.43. The Labute approximate surface area is 126 Å². The molecule has 1 aromatic carbocycles. The van der Waals surface area contributed by atoms with E-state index in [1.165, 1.54) is 54.1 Å². The molecule has 0 saturated heterocycles. The molecule has 0 aromatic heterocycles. The second-order valence-electron chi connectivity index (χ2n) is 5.87. The third-order valence-corrected chi connectivity index (χ3v) is 4.96. The van der Waals surface area contributed by atoms with Gasteiger partial charge in [0.15, 0.2) is 0 Å². The Hall–Kier alpha value is -0.340. The standard InChI is InChI=1S/C17H26BrN/c1-3-19-17(12-14-7-5-4-6-8-14)15-10-9-13(2)11-16(15)18/h9-11,14,17,19H,3-8,12H2,1-2H3. The lowest BCUT2D eigenvalue weighted by molar-refractivity contribution is 0.301. The first kappa shape index (κ1) is 15.1. The van der Waals surface area contributed by atoms with Crippen molar-refractivity contribution in [2.75, 3.05) is 6.54 Å². The van der Waals surface area contributed by atoms with Gasteiger partial charge in [0.05, 0.1) is 0 Å². The van der Waals surface area contributed by atoms with Gasteiger partial charge >= 0.3 is 0 Å². The predicted molar refractivity (Wildman–Crippen MR) is 86.5 cm³/mol. The normalized spacial score (nSPS) is 18.5. The van der Waals surface area contributed by atoms with Gasteiger partial charge in [0, 0.05) is 10.5 Å². The summed E-state index contributed by atoms with van der Waals surface area (Å²) in [5.41, 5.74) is 2.75. The highest BCUT2D eigenvalue weighted by atomic mass is 79.9. The molecule has 1 unspecified atom stereocenters. The van der Waals surface area contributed by atoms with E-state index in [0.29, 0.717) is 6.04 Å². The lowest BCUT2D eigenvalue weighted by Crippen LogP contribution is -2.24. The summed E-state index contributed by atoms with van der Waals surface area (Å²) in [7, 11) is 0. The monoisotopic (exact) mass is 323 g/mol. The Kier molecular flexibility index (Phi) is 5.90. The largest absolute Gasteiger partial charge is 0.310 e. The molecule has 1 atom stereocenters. The molecule has 0 bridgehead atoms. The molecule has 0 radical (unpaired) electrons. The summed E-state index contributed by atoms with van der Waals surface area (Å²) < 4.78 is 1.26. The quantitative estimate of drug-likeness (QED) is 0.767. The molecule has 1 fully saturated rings. The van der Waals surface area contributed by atoms with Crippen molar-refractivity contribution in [1.29, 1.82) is 0 Å². The predicted octanol–water partition coefficient (Wildman–Crippen LogP) is 5.38. The Morgan fingerprint density at radius 3 is 2.63 bits per heavy atom. The fourth-order valence-electron chi connectivity index (χ4n) is 3.24. The Bertz CT molecular complexity index is 396. The average Bonchev–Trinajstić information content (AvgIpc) is 2.39. The lowest BCUT2D eigenvalue weighted by atomic mass is 9.83. The van der Waals surface area contributed by atoms with Crippen molar-refractivity contribution >= 4 is 15.9 Å². The zero-order chi connectivity index (χ0) is 13.7. The first-order valence-corrected chi connectivity index (χ1v) is 8.49.